The number of sulfonamides is 1. The zero-order chi connectivity index (χ0) is 15.3. The average Bonchev–Trinajstić information content (AvgIpc) is 3.27. The van der Waals surface area contributed by atoms with Gasteiger partial charge in [-0.3, -0.25) is 0 Å². The molecule has 4 nitrogen and oxygen atoms in total. The van der Waals surface area contributed by atoms with E-state index in [0.29, 0.717) is 17.5 Å². The van der Waals surface area contributed by atoms with Crippen LogP contribution < -0.4 is 10.0 Å². The highest BCUT2D eigenvalue weighted by molar-refractivity contribution is 7.98. The van der Waals surface area contributed by atoms with Crippen LogP contribution in [0.1, 0.15) is 30.4 Å². The van der Waals surface area contributed by atoms with Gasteiger partial charge in [0.15, 0.2) is 0 Å². The van der Waals surface area contributed by atoms with Gasteiger partial charge in [-0.2, -0.15) is 11.8 Å². The molecule has 0 bridgehead atoms. The Morgan fingerprint density at radius 2 is 2.10 bits per heavy atom. The molecule has 0 aromatic heterocycles. The maximum absolute atomic E-state index is 12.4. The van der Waals surface area contributed by atoms with Crippen molar-refractivity contribution in [2.75, 3.05) is 18.6 Å². The lowest BCUT2D eigenvalue weighted by Crippen LogP contribution is -2.26. The summed E-state index contributed by atoms with van der Waals surface area (Å²) in [7, 11) is -3.40. The summed E-state index contributed by atoms with van der Waals surface area (Å²) in [6, 6.07) is 6.30. The molecule has 1 aliphatic carbocycles. The first kappa shape index (κ1) is 16.8. The fourth-order valence-electron chi connectivity index (χ4n) is 2.09. The monoisotopic (exact) mass is 328 g/mol. The van der Waals surface area contributed by atoms with Gasteiger partial charge in [0.1, 0.15) is 0 Å². The number of rotatable bonds is 9. The molecule has 1 aromatic rings. The van der Waals surface area contributed by atoms with Crippen LogP contribution in [0, 0.1) is 6.92 Å². The minimum Gasteiger partial charge on any atom is -0.310 e. The van der Waals surface area contributed by atoms with E-state index in [1.807, 2.05) is 25.3 Å². The smallest absolute Gasteiger partial charge is 0.240 e. The zero-order valence-corrected chi connectivity index (χ0v) is 14.3. The van der Waals surface area contributed by atoms with E-state index in [4.69, 9.17) is 0 Å². The predicted molar refractivity (Wildman–Crippen MR) is 89.2 cm³/mol. The van der Waals surface area contributed by atoms with E-state index in [0.717, 1.165) is 29.8 Å². The van der Waals surface area contributed by atoms with E-state index in [-0.39, 0.29) is 0 Å². The van der Waals surface area contributed by atoms with Gasteiger partial charge in [-0.05, 0) is 55.4 Å². The number of hydrogen-bond acceptors (Lipinski definition) is 4. The Bertz CT molecular complexity index is 569. The lowest BCUT2D eigenvalue weighted by atomic mass is 10.1. The minimum absolute atomic E-state index is 0.404. The van der Waals surface area contributed by atoms with Gasteiger partial charge >= 0.3 is 0 Å². The highest BCUT2D eigenvalue weighted by Crippen LogP contribution is 2.21. The van der Waals surface area contributed by atoms with Crippen LogP contribution >= 0.6 is 11.8 Å². The van der Waals surface area contributed by atoms with Crippen molar-refractivity contribution < 1.29 is 8.42 Å². The van der Waals surface area contributed by atoms with Crippen molar-refractivity contribution in [3.05, 3.63) is 29.3 Å². The molecule has 2 N–H and O–H groups in total. The second-order valence-electron chi connectivity index (χ2n) is 5.50. The van der Waals surface area contributed by atoms with Crippen LogP contribution in [0.4, 0.5) is 0 Å². The molecule has 1 aromatic carbocycles. The Labute approximate surface area is 132 Å². The highest BCUT2D eigenvalue weighted by atomic mass is 32.2. The number of hydrogen-bond donors (Lipinski definition) is 2. The van der Waals surface area contributed by atoms with Gasteiger partial charge in [-0.1, -0.05) is 12.1 Å². The van der Waals surface area contributed by atoms with Gasteiger partial charge in [0.25, 0.3) is 0 Å². The second kappa shape index (κ2) is 7.63. The third kappa shape index (κ3) is 5.29. The Morgan fingerprint density at radius 1 is 1.33 bits per heavy atom. The zero-order valence-electron chi connectivity index (χ0n) is 12.7. The number of aryl methyl sites for hydroxylation is 1. The summed E-state index contributed by atoms with van der Waals surface area (Å²) in [5, 5.41) is 3.41. The van der Waals surface area contributed by atoms with E-state index >= 15 is 0 Å². The van der Waals surface area contributed by atoms with E-state index in [2.05, 4.69) is 10.0 Å². The van der Waals surface area contributed by atoms with Gasteiger partial charge in [-0.15, -0.1) is 0 Å². The Hall–Kier alpha value is -0.560. The number of benzene rings is 1. The molecule has 1 fully saturated rings. The van der Waals surface area contributed by atoms with Crippen LogP contribution in [0.2, 0.25) is 0 Å². The molecule has 6 heteroatoms. The van der Waals surface area contributed by atoms with Crippen LogP contribution in [-0.2, 0) is 16.6 Å². The van der Waals surface area contributed by atoms with Gasteiger partial charge in [0.2, 0.25) is 10.0 Å². The summed E-state index contributed by atoms with van der Waals surface area (Å²) in [6.07, 6.45) is 5.33. The number of thioether (sulfide) groups is 1. The third-order valence-corrected chi connectivity index (χ3v) is 5.83. The van der Waals surface area contributed by atoms with Gasteiger partial charge in [-0.25, -0.2) is 13.1 Å². The first-order valence-corrected chi connectivity index (χ1v) is 10.2. The molecule has 0 amide bonds. The second-order valence-corrected chi connectivity index (χ2v) is 8.22. The molecule has 0 atom stereocenters. The largest absolute Gasteiger partial charge is 0.310 e. The summed E-state index contributed by atoms with van der Waals surface area (Å²) >= 11 is 1.73. The SMILES string of the molecule is CSCCCNS(=O)(=O)c1cc(CNC2CC2)ccc1C. The lowest BCUT2D eigenvalue weighted by molar-refractivity contribution is 0.580. The molecular formula is C15H24N2O2S2. The van der Waals surface area contributed by atoms with Crippen molar-refractivity contribution in [1.29, 1.82) is 0 Å². The van der Waals surface area contributed by atoms with E-state index < -0.39 is 10.0 Å². The van der Waals surface area contributed by atoms with Gasteiger partial charge in [0, 0.05) is 19.1 Å². The van der Waals surface area contributed by atoms with Crippen LogP contribution in [0.3, 0.4) is 0 Å². The fraction of sp³-hybridized carbons (Fsp3) is 0.600. The van der Waals surface area contributed by atoms with Gasteiger partial charge < -0.3 is 5.32 Å². The third-order valence-electron chi connectivity index (χ3n) is 3.53. The van der Waals surface area contributed by atoms with Gasteiger partial charge in [0.05, 0.1) is 4.90 Å². The molecule has 0 unspecified atom stereocenters. The van der Waals surface area contributed by atoms with Crippen molar-refractivity contribution in [3.8, 4) is 0 Å². The summed E-state index contributed by atoms with van der Waals surface area (Å²) in [5.74, 6) is 0.965. The first-order valence-electron chi connectivity index (χ1n) is 7.34. The Morgan fingerprint density at radius 3 is 2.76 bits per heavy atom. The molecule has 118 valence electrons. The topological polar surface area (TPSA) is 58.2 Å². The minimum atomic E-state index is -3.40. The molecule has 21 heavy (non-hydrogen) atoms. The molecule has 0 heterocycles. The van der Waals surface area contributed by atoms with E-state index in [1.54, 1.807) is 17.8 Å². The van der Waals surface area contributed by atoms with Crippen LogP contribution in [0.5, 0.6) is 0 Å². The van der Waals surface area contributed by atoms with Crippen molar-refractivity contribution in [1.82, 2.24) is 10.0 Å². The van der Waals surface area contributed by atoms with Crippen molar-refractivity contribution in [2.45, 2.75) is 43.7 Å². The summed E-state index contributed by atoms with van der Waals surface area (Å²) in [5.41, 5.74) is 1.82. The van der Waals surface area contributed by atoms with Crippen LogP contribution in [-0.4, -0.2) is 33.0 Å². The van der Waals surface area contributed by atoms with Crippen molar-refractivity contribution in [3.63, 3.8) is 0 Å². The maximum atomic E-state index is 12.4. The molecule has 0 aliphatic heterocycles. The van der Waals surface area contributed by atoms with E-state index in [1.165, 1.54) is 12.8 Å². The standard InChI is InChI=1S/C15H24N2O2S2/c1-12-4-5-13(11-16-14-6-7-14)10-15(12)21(18,19)17-8-3-9-20-2/h4-5,10,14,16-17H,3,6-9,11H2,1-2H3. The highest BCUT2D eigenvalue weighted by Gasteiger charge is 2.21. The molecule has 0 radical (unpaired) electrons. The number of nitrogens with one attached hydrogen (secondary N) is 2. The molecule has 1 aliphatic rings. The normalized spacial score (nSPS) is 15.3. The van der Waals surface area contributed by atoms with Crippen molar-refractivity contribution in [2.24, 2.45) is 0 Å². The summed E-state index contributed by atoms with van der Waals surface area (Å²) in [4.78, 5) is 0.404. The molecular weight excluding hydrogens is 304 g/mol. The maximum Gasteiger partial charge on any atom is 0.240 e. The molecule has 1 saturated carbocycles. The first-order chi connectivity index (χ1) is 10.0. The molecule has 0 spiro atoms. The summed E-state index contributed by atoms with van der Waals surface area (Å²) in [6.45, 7) is 3.07. The Kier molecular flexibility index (Phi) is 6.10. The Balaban J connectivity index is 2.03. The molecule has 2 rings (SSSR count). The quantitative estimate of drug-likeness (QED) is 0.683. The average molecular weight is 329 g/mol. The molecule has 0 saturated heterocycles. The van der Waals surface area contributed by atoms with Crippen molar-refractivity contribution >= 4 is 21.8 Å². The lowest BCUT2D eigenvalue weighted by Gasteiger charge is -2.11. The predicted octanol–water partition coefficient (Wildman–Crippen LogP) is 2.28. The summed E-state index contributed by atoms with van der Waals surface area (Å²) < 4.78 is 27.5. The van der Waals surface area contributed by atoms with Crippen LogP contribution in [0.25, 0.3) is 0 Å². The fourth-order valence-corrected chi connectivity index (χ4v) is 3.89. The van der Waals surface area contributed by atoms with E-state index in [9.17, 15) is 8.42 Å². The van der Waals surface area contributed by atoms with Crippen LogP contribution in [0.15, 0.2) is 23.1 Å².